The number of carbonyl (C=O) groups excluding carboxylic acids is 1. The number of thioether (sulfide) groups is 1. The molecule has 0 aliphatic rings. The van der Waals surface area contributed by atoms with Crippen molar-refractivity contribution in [2.45, 2.75) is 6.42 Å². The van der Waals surface area contributed by atoms with Crippen LogP contribution in [0.5, 0.6) is 5.75 Å². The van der Waals surface area contributed by atoms with E-state index in [9.17, 15) is 4.79 Å². The topological polar surface area (TPSA) is 78.3 Å². The number of rotatable bonds is 6. The highest BCUT2D eigenvalue weighted by Gasteiger charge is 2.11. The van der Waals surface area contributed by atoms with Gasteiger partial charge in [-0.3, -0.25) is 4.79 Å². The zero-order chi connectivity index (χ0) is 12.0. The van der Waals surface area contributed by atoms with Gasteiger partial charge in [-0.05, 0) is 30.6 Å². The summed E-state index contributed by atoms with van der Waals surface area (Å²) in [5.41, 5.74) is 11.8. The van der Waals surface area contributed by atoms with Gasteiger partial charge in [0.1, 0.15) is 0 Å². The van der Waals surface area contributed by atoms with E-state index in [0.717, 1.165) is 12.2 Å². The molecule has 0 fully saturated rings. The molecule has 0 aromatic heterocycles. The molecule has 0 bridgehead atoms. The van der Waals surface area contributed by atoms with Crippen LogP contribution in [0, 0.1) is 0 Å². The molecule has 16 heavy (non-hydrogen) atoms. The first-order valence-corrected chi connectivity index (χ1v) is 6.36. The Balaban J connectivity index is 2.73. The van der Waals surface area contributed by atoms with E-state index in [-0.39, 0.29) is 0 Å². The highest BCUT2D eigenvalue weighted by atomic mass is 32.2. The summed E-state index contributed by atoms with van der Waals surface area (Å²) in [4.78, 5) is 11.1. The summed E-state index contributed by atoms with van der Waals surface area (Å²) in [5, 5.41) is 0. The highest BCUT2D eigenvalue weighted by molar-refractivity contribution is 7.98. The second-order valence-corrected chi connectivity index (χ2v) is 4.27. The van der Waals surface area contributed by atoms with Crippen LogP contribution in [0.25, 0.3) is 0 Å². The minimum Gasteiger partial charge on any atom is -0.491 e. The van der Waals surface area contributed by atoms with Gasteiger partial charge < -0.3 is 16.2 Å². The summed E-state index contributed by atoms with van der Waals surface area (Å²) in [6.07, 6.45) is 2.94. The molecule has 5 heteroatoms. The van der Waals surface area contributed by atoms with Crippen molar-refractivity contribution in [3.8, 4) is 5.75 Å². The van der Waals surface area contributed by atoms with Gasteiger partial charge in [0.15, 0.2) is 5.75 Å². The van der Waals surface area contributed by atoms with Crippen molar-refractivity contribution in [3.05, 3.63) is 23.8 Å². The van der Waals surface area contributed by atoms with E-state index in [1.165, 1.54) is 0 Å². The lowest BCUT2D eigenvalue weighted by atomic mass is 10.1. The van der Waals surface area contributed by atoms with E-state index < -0.39 is 5.91 Å². The third-order valence-corrected chi connectivity index (χ3v) is 2.75. The van der Waals surface area contributed by atoms with E-state index in [1.807, 2.05) is 6.26 Å². The summed E-state index contributed by atoms with van der Waals surface area (Å²) in [6.45, 7) is 0.537. The van der Waals surface area contributed by atoms with Crippen LogP contribution in [0.15, 0.2) is 18.2 Å². The Bertz CT molecular complexity index is 369. The van der Waals surface area contributed by atoms with Crippen molar-refractivity contribution in [1.82, 2.24) is 0 Å². The molecule has 0 saturated carbocycles. The second kappa shape index (κ2) is 6.27. The first kappa shape index (κ1) is 12.7. The fourth-order valence-corrected chi connectivity index (χ4v) is 1.69. The summed E-state index contributed by atoms with van der Waals surface area (Å²) in [6, 6.07) is 4.99. The van der Waals surface area contributed by atoms with Gasteiger partial charge in [0.05, 0.1) is 17.9 Å². The Hall–Kier alpha value is -1.36. The molecule has 88 valence electrons. The van der Waals surface area contributed by atoms with Gasteiger partial charge in [-0.1, -0.05) is 6.07 Å². The van der Waals surface area contributed by atoms with Crippen LogP contribution in [0.4, 0.5) is 5.69 Å². The van der Waals surface area contributed by atoms with Crippen LogP contribution in [0.3, 0.4) is 0 Å². The average Bonchev–Trinajstić information content (AvgIpc) is 2.25. The number of nitrogen functional groups attached to an aromatic ring is 1. The number of carbonyl (C=O) groups is 1. The van der Waals surface area contributed by atoms with Crippen LogP contribution < -0.4 is 16.2 Å². The highest BCUT2D eigenvalue weighted by Crippen LogP contribution is 2.26. The van der Waals surface area contributed by atoms with Gasteiger partial charge in [-0.25, -0.2) is 0 Å². The molecular formula is C11H16N2O2S. The monoisotopic (exact) mass is 240 g/mol. The molecule has 1 aromatic carbocycles. The largest absolute Gasteiger partial charge is 0.491 e. The van der Waals surface area contributed by atoms with Crippen LogP contribution in [-0.2, 0) is 0 Å². The lowest BCUT2D eigenvalue weighted by Gasteiger charge is -2.11. The molecule has 0 radical (unpaired) electrons. The Labute approximate surface area is 99.3 Å². The summed E-state index contributed by atoms with van der Waals surface area (Å²) in [7, 11) is 0. The van der Waals surface area contributed by atoms with Gasteiger partial charge >= 0.3 is 0 Å². The predicted molar refractivity (Wildman–Crippen MR) is 67.9 cm³/mol. The van der Waals surface area contributed by atoms with E-state index in [4.69, 9.17) is 16.2 Å². The number of amides is 1. The number of benzene rings is 1. The number of primary amides is 1. The maximum atomic E-state index is 11.1. The number of nitrogens with two attached hydrogens (primary N) is 2. The second-order valence-electron chi connectivity index (χ2n) is 3.28. The molecule has 0 saturated heterocycles. The maximum Gasteiger partial charge on any atom is 0.252 e. The molecular weight excluding hydrogens is 224 g/mol. The molecule has 0 spiro atoms. The van der Waals surface area contributed by atoms with Crippen molar-refractivity contribution in [1.29, 1.82) is 0 Å². The molecule has 1 amide bonds. The molecule has 1 aromatic rings. The molecule has 0 unspecified atom stereocenters. The minimum atomic E-state index is -0.521. The van der Waals surface area contributed by atoms with Gasteiger partial charge in [-0.2, -0.15) is 11.8 Å². The zero-order valence-electron chi connectivity index (χ0n) is 9.23. The third kappa shape index (κ3) is 3.34. The number of anilines is 1. The average molecular weight is 240 g/mol. The Kier molecular flexibility index (Phi) is 4.98. The summed E-state index contributed by atoms with van der Waals surface area (Å²) < 4.78 is 5.49. The fraction of sp³-hybridized carbons (Fsp3) is 0.364. The van der Waals surface area contributed by atoms with Gasteiger partial charge in [0, 0.05) is 0 Å². The molecule has 0 atom stereocenters. The summed E-state index contributed by atoms with van der Waals surface area (Å²) >= 11 is 1.75. The lowest BCUT2D eigenvalue weighted by Crippen LogP contribution is -2.14. The molecule has 0 heterocycles. The van der Waals surface area contributed by atoms with E-state index in [0.29, 0.717) is 23.6 Å². The van der Waals surface area contributed by atoms with E-state index >= 15 is 0 Å². The first-order valence-electron chi connectivity index (χ1n) is 4.97. The molecule has 1 rings (SSSR count). The lowest BCUT2D eigenvalue weighted by molar-refractivity contribution is 0.0996. The molecule has 4 N–H and O–H groups in total. The molecule has 4 nitrogen and oxygen atoms in total. The SMILES string of the molecule is CSCCCOc1c(N)cccc1C(N)=O. The van der Waals surface area contributed by atoms with Crippen molar-refractivity contribution in [3.63, 3.8) is 0 Å². The van der Waals surface area contributed by atoms with Crippen LogP contribution in [-0.4, -0.2) is 24.5 Å². The fourth-order valence-electron chi connectivity index (χ4n) is 1.29. The van der Waals surface area contributed by atoms with Crippen molar-refractivity contribution < 1.29 is 9.53 Å². The smallest absolute Gasteiger partial charge is 0.252 e. The van der Waals surface area contributed by atoms with Gasteiger partial charge in [0.25, 0.3) is 5.91 Å². The van der Waals surface area contributed by atoms with Crippen molar-refractivity contribution in [2.75, 3.05) is 24.3 Å². The third-order valence-electron chi connectivity index (χ3n) is 2.05. The Morgan fingerprint density at radius 1 is 1.50 bits per heavy atom. The summed E-state index contributed by atoms with van der Waals surface area (Å²) in [5.74, 6) is 0.891. The normalized spacial score (nSPS) is 10.1. The van der Waals surface area contributed by atoms with Gasteiger partial charge in [0.2, 0.25) is 0 Å². The Morgan fingerprint density at radius 3 is 2.88 bits per heavy atom. The van der Waals surface area contributed by atoms with Crippen LogP contribution in [0.2, 0.25) is 0 Å². The van der Waals surface area contributed by atoms with Crippen molar-refractivity contribution >= 4 is 23.4 Å². The van der Waals surface area contributed by atoms with Crippen molar-refractivity contribution in [2.24, 2.45) is 5.73 Å². The van der Waals surface area contributed by atoms with Crippen LogP contribution >= 0.6 is 11.8 Å². The number of para-hydroxylation sites is 1. The first-order chi connectivity index (χ1) is 7.66. The van der Waals surface area contributed by atoms with Crippen LogP contribution in [0.1, 0.15) is 16.8 Å². The predicted octanol–water partition coefficient (Wildman–Crippen LogP) is 1.50. The number of hydrogen-bond acceptors (Lipinski definition) is 4. The quantitative estimate of drug-likeness (QED) is 0.583. The number of ether oxygens (including phenoxy) is 1. The van der Waals surface area contributed by atoms with E-state index in [2.05, 4.69) is 0 Å². The zero-order valence-corrected chi connectivity index (χ0v) is 10.0. The van der Waals surface area contributed by atoms with Gasteiger partial charge in [-0.15, -0.1) is 0 Å². The standard InChI is InChI=1S/C11H16N2O2S/c1-16-7-3-6-15-10-8(11(13)14)4-2-5-9(10)12/h2,4-5H,3,6-7,12H2,1H3,(H2,13,14). The number of hydrogen-bond donors (Lipinski definition) is 2. The minimum absolute atomic E-state index is 0.337. The Morgan fingerprint density at radius 2 is 2.25 bits per heavy atom. The molecule has 0 aliphatic carbocycles. The maximum absolute atomic E-state index is 11.1. The molecule has 0 aliphatic heterocycles. The van der Waals surface area contributed by atoms with E-state index in [1.54, 1.807) is 30.0 Å².